The largest absolute Gasteiger partial charge is 0.394 e. The summed E-state index contributed by atoms with van der Waals surface area (Å²) in [5.41, 5.74) is 0. The monoisotopic (exact) mass is 758 g/mol. The number of carbonyl (C=O) groups excluding carboxylic acids is 1. The van der Waals surface area contributed by atoms with Crippen molar-refractivity contribution in [2.45, 2.75) is 270 Å². The lowest BCUT2D eigenvalue weighted by Crippen LogP contribution is -2.45. The summed E-state index contributed by atoms with van der Waals surface area (Å²) in [5, 5.41) is 23.0. The lowest BCUT2D eigenvalue weighted by Gasteiger charge is -2.19. The normalized spacial score (nSPS) is 13.2. The molecule has 0 saturated heterocycles. The van der Waals surface area contributed by atoms with E-state index in [-0.39, 0.29) is 12.5 Å². The molecule has 0 spiro atoms. The van der Waals surface area contributed by atoms with Crippen LogP contribution in [0.2, 0.25) is 0 Å². The number of allylic oxidation sites excluding steroid dienone is 5. The summed E-state index contributed by atoms with van der Waals surface area (Å²) in [6, 6.07) is -0.642. The van der Waals surface area contributed by atoms with Crippen molar-refractivity contribution in [2.75, 3.05) is 6.61 Å². The molecule has 0 aliphatic rings. The van der Waals surface area contributed by atoms with Crippen LogP contribution in [-0.2, 0) is 4.79 Å². The van der Waals surface area contributed by atoms with Crippen molar-refractivity contribution in [1.29, 1.82) is 0 Å². The fourth-order valence-corrected chi connectivity index (χ4v) is 7.39. The SMILES string of the molecule is CCCCCCC/C=C/CC/C=C/CC/C=C/C(O)C(CO)NC(=O)CCCCCCCCCCCCCCCCCCCCCCCCCCCCC. The Morgan fingerprint density at radius 3 is 1.07 bits per heavy atom. The average molecular weight is 758 g/mol. The van der Waals surface area contributed by atoms with Crippen LogP contribution in [0, 0.1) is 0 Å². The van der Waals surface area contributed by atoms with Gasteiger partial charge in [-0.25, -0.2) is 0 Å². The van der Waals surface area contributed by atoms with Gasteiger partial charge in [0, 0.05) is 6.42 Å². The third-order valence-corrected chi connectivity index (χ3v) is 11.1. The molecule has 2 unspecified atom stereocenters. The van der Waals surface area contributed by atoms with Gasteiger partial charge in [0.25, 0.3) is 0 Å². The van der Waals surface area contributed by atoms with Crippen molar-refractivity contribution in [3.05, 3.63) is 36.5 Å². The molecule has 0 fully saturated rings. The van der Waals surface area contributed by atoms with Crippen molar-refractivity contribution in [2.24, 2.45) is 0 Å². The Bertz CT molecular complexity index is 821. The molecule has 318 valence electrons. The molecule has 0 aromatic rings. The minimum absolute atomic E-state index is 0.0745. The van der Waals surface area contributed by atoms with Crippen LogP contribution in [0.1, 0.15) is 258 Å². The van der Waals surface area contributed by atoms with E-state index < -0.39 is 12.1 Å². The van der Waals surface area contributed by atoms with Gasteiger partial charge in [0.05, 0.1) is 18.8 Å². The molecule has 0 rings (SSSR count). The van der Waals surface area contributed by atoms with Crippen LogP contribution in [-0.4, -0.2) is 34.9 Å². The molecule has 0 heterocycles. The van der Waals surface area contributed by atoms with Crippen molar-refractivity contribution < 1.29 is 15.0 Å². The van der Waals surface area contributed by atoms with Gasteiger partial charge in [-0.1, -0.05) is 243 Å². The fraction of sp³-hybridized carbons (Fsp3) is 0.860. The van der Waals surface area contributed by atoms with Gasteiger partial charge in [0.2, 0.25) is 5.91 Å². The van der Waals surface area contributed by atoms with Crippen LogP contribution < -0.4 is 5.32 Å². The predicted octanol–water partition coefficient (Wildman–Crippen LogP) is 15.4. The summed E-state index contributed by atoms with van der Waals surface area (Å²) in [6.07, 6.45) is 61.4. The molecule has 0 radical (unpaired) electrons. The quantitative estimate of drug-likeness (QED) is 0.0428. The number of amides is 1. The molecule has 0 aromatic heterocycles. The number of aliphatic hydroxyl groups is 2. The molecular weight excluding hydrogens is 663 g/mol. The van der Waals surface area contributed by atoms with E-state index in [2.05, 4.69) is 43.5 Å². The molecule has 2 atom stereocenters. The molecular formula is C50H95NO3. The zero-order valence-corrected chi connectivity index (χ0v) is 36.5. The Kier molecular flexibility index (Phi) is 44.8. The predicted molar refractivity (Wildman–Crippen MR) is 239 cm³/mol. The van der Waals surface area contributed by atoms with Crippen LogP contribution >= 0.6 is 0 Å². The first-order chi connectivity index (χ1) is 26.7. The number of hydrogen-bond acceptors (Lipinski definition) is 3. The van der Waals surface area contributed by atoms with E-state index >= 15 is 0 Å². The van der Waals surface area contributed by atoms with Crippen molar-refractivity contribution in [3.63, 3.8) is 0 Å². The van der Waals surface area contributed by atoms with Gasteiger partial charge in [-0.2, -0.15) is 0 Å². The Hall–Kier alpha value is -1.39. The first-order valence-corrected chi connectivity index (χ1v) is 24.2. The second kappa shape index (κ2) is 46.0. The van der Waals surface area contributed by atoms with Gasteiger partial charge in [-0.05, 0) is 44.9 Å². The van der Waals surface area contributed by atoms with Gasteiger partial charge in [0.1, 0.15) is 0 Å². The number of hydrogen-bond donors (Lipinski definition) is 3. The van der Waals surface area contributed by atoms with Crippen molar-refractivity contribution in [3.8, 4) is 0 Å². The van der Waals surface area contributed by atoms with E-state index in [9.17, 15) is 15.0 Å². The van der Waals surface area contributed by atoms with E-state index in [0.717, 1.165) is 38.5 Å². The number of unbranched alkanes of at least 4 members (excludes halogenated alkanes) is 33. The van der Waals surface area contributed by atoms with Gasteiger partial charge < -0.3 is 15.5 Å². The Morgan fingerprint density at radius 2 is 0.722 bits per heavy atom. The van der Waals surface area contributed by atoms with Gasteiger partial charge in [0.15, 0.2) is 0 Å². The van der Waals surface area contributed by atoms with Crippen molar-refractivity contribution >= 4 is 5.91 Å². The molecule has 1 amide bonds. The third kappa shape index (κ3) is 41.8. The molecule has 0 aliphatic carbocycles. The molecule has 0 bridgehead atoms. The summed E-state index contributed by atoms with van der Waals surface area (Å²) < 4.78 is 0. The molecule has 3 N–H and O–H groups in total. The Balaban J connectivity index is 3.50. The highest BCUT2D eigenvalue weighted by molar-refractivity contribution is 5.76. The van der Waals surface area contributed by atoms with Gasteiger partial charge in [-0.3, -0.25) is 4.79 Å². The van der Waals surface area contributed by atoms with Crippen LogP contribution in [0.3, 0.4) is 0 Å². The minimum Gasteiger partial charge on any atom is -0.394 e. The van der Waals surface area contributed by atoms with Crippen molar-refractivity contribution in [1.82, 2.24) is 5.32 Å². The lowest BCUT2D eigenvalue weighted by atomic mass is 10.0. The van der Waals surface area contributed by atoms with Gasteiger partial charge >= 0.3 is 0 Å². The molecule has 4 heteroatoms. The van der Waals surface area contributed by atoms with E-state index in [4.69, 9.17) is 0 Å². The summed E-state index contributed by atoms with van der Waals surface area (Å²) in [7, 11) is 0. The van der Waals surface area contributed by atoms with Crippen LogP contribution in [0.15, 0.2) is 36.5 Å². The first-order valence-electron chi connectivity index (χ1n) is 24.2. The Morgan fingerprint density at radius 1 is 0.426 bits per heavy atom. The van der Waals surface area contributed by atoms with E-state index in [0.29, 0.717) is 6.42 Å². The highest BCUT2D eigenvalue weighted by atomic mass is 16.3. The van der Waals surface area contributed by atoms with E-state index in [1.807, 2.05) is 6.08 Å². The first kappa shape index (κ1) is 52.6. The maximum atomic E-state index is 12.4. The van der Waals surface area contributed by atoms with Crippen LogP contribution in [0.25, 0.3) is 0 Å². The molecule has 4 nitrogen and oxygen atoms in total. The zero-order valence-electron chi connectivity index (χ0n) is 36.5. The molecule has 54 heavy (non-hydrogen) atoms. The van der Waals surface area contributed by atoms with Crippen LogP contribution in [0.4, 0.5) is 0 Å². The standard InChI is InChI=1S/C50H95NO3/c1-3-5-7-9-11-13-15-17-19-20-21-22-23-24-25-26-27-28-29-30-32-34-36-38-40-42-44-46-50(54)51-48(47-52)49(53)45-43-41-39-37-35-33-31-18-16-14-12-10-8-6-4-2/h16,18,35,37,43,45,48-49,52-53H,3-15,17,19-34,36,38-42,44,46-47H2,1-2H3,(H,51,54)/b18-16+,37-35+,45-43+. The highest BCUT2D eigenvalue weighted by Crippen LogP contribution is 2.16. The Labute approximate surface area is 338 Å². The highest BCUT2D eigenvalue weighted by Gasteiger charge is 2.17. The third-order valence-electron chi connectivity index (χ3n) is 11.1. The van der Waals surface area contributed by atoms with E-state index in [1.165, 1.54) is 199 Å². The minimum atomic E-state index is -0.867. The summed E-state index contributed by atoms with van der Waals surface area (Å²) in [6.45, 7) is 4.29. The number of rotatable bonds is 44. The summed E-state index contributed by atoms with van der Waals surface area (Å²) in [4.78, 5) is 12.4. The molecule has 0 saturated carbocycles. The summed E-state index contributed by atoms with van der Waals surface area (Å²) >= 11 is 0. The smallest absolute Gasteiger partial charge is 0.220 e. The molecule has 0 aliphatic heterocycles. The number of nitrogens with one attached hydrogen (secondary N) is 1. The van der Waals surface area contributed by atoms with E-state index in [1.54, 1.807) is 6.08 Å². The number of aliphatic hydroxyl groups excluding tert-OH is 2. The maximum Gasteiger partial charge on any atom is 0.220 e. The second-order valence-electron chi connectivity index (χ2n) is 16.5. The maximum absolute atomic E-state index is 12.4. The fourth-order valence-electron chi connectivity index (χ4n) is 7.39. The summed E-state index contributed by atoms with van der Waals surface area (Å²) in [5.74, 6) is -0.0745. The second-order valence-corrected chi connectivity index (χ2v) is 16.5. The topological polar surface area (TPSA) is 69.6 Å². The lowest BCUT2D eigenvalue weighted by molar-refractivity contribution is -0.123. The number of carbonyl (C=O) groups is 1. The van der Waals surface area contributed by atoms with Gasteiger partial charge in [-0.15, -0.1) is 0 Å². The average Bonchev–Trinajstić information content (AvgIpc) is 3.18. The molecule has 0 aromatic carbocycles. The van der Waals surface area contributed by atoms with Crippen LogP contribution in [0.5, 0.6) is 0 Å². The zero-order chi connectivity index (χ0) is 39.3.